The molecule has 3 heterocycles. The summed E-state index contributed by atoms with van der Waals surface area (Å²) in [4.78, 5) is 39.4. The van der Waals surface area contributed by atoms with Gasteiger partial charge in [0.15, 0.2) is 5.13 Å². The molecule has 0 saturated heterocycles. The molecular weight excluding hydrogens is 412 g/mol. The highest BCUT2D eigenvalue weighted by Crippen LogP contribution is 2.28. The number of nitrogens with zero attached hydrogens (tertiary/aromatic N) is 3. The van der Waals surface area contributed by atoms with Gasteiger partial charge in [0.2, 0.25) is 0 Å². The number of carbonyl (C=O) groups excluding carboxylic acids is 2. The molecule has 1 amide bonds. The molecule has 154 valence electrons. The number of pyridine rings is 1. The molecule has 7 nitrogen and oxygen atoms in total. The van der Waals surface area contributed by atoms with Crippen LogP contribution in [0.4, 0.5) is 5.13 Å². The third kappa shape index (κ3) is 4.03. The highest BCUT2D eigenvalue weighted by Gasteiger charge is 2.25. The van der Waals surface area contributed by atoms with Crippen LogP contribution < -0.4 is 5.32 Å². The van der Waals surface area contributed by atoms with Gasteiger partial charge < -0.3 is 4.84 Å². The second-order valence-corrected chi connectivity index (χ2v) is 8.12. The molecule has 0 aliphatic carbocycles. The largest absolute Gasteiger partial charge is 0.375 e. The normalized spacial score (nSPS) is 13.5. The zero-order chi connectivity index (χ0) is 21.2. The van der Waals surface area contributed by atoms with Crippen LogP contribution in [0, 0.1) is 0 Å². The Labute approximate surface area is 182 Å². The molecule has 0 atom stereocenters. The molecule has 2 aromatic heterocycles. The highest BCUT2D eigenvalue weighted by molar-refractivity contribution is 7.22. The SMILES string of the molecule is O=C(ON1CCc2cccc(C(=O)Nc3nc4ccccc4s3)c2C1)c1ccccn1. The fourth-order valence-corrected chi connectivity index (χ4v) is 4.45. The van der Waals surface area contributed by atoms with Crippen molar-refractivity contribution in [3.8, 4) is 0 Å². The average molecular weight is 430 g/mol. The van der Waals surface area contributed by atoms with Crippen LogP contribution in [0.1, 0.15) is 32.0 Å². The fraction of sp³-hybridized carbons (Fsp3) is 0.130. The molecule has 1 aliphatic rings. The van der Waals surface area contributed by atoms with Crippen LogP contribution in [-0.4, -0.2) is 33.5 Å². The van der Waals surface area contributed by atoms with Gasteiger partial charge in [-0.05, 0) is 47.9 Å². The van der Waals surface area contributed by atoms with E-state index in [2.05, 4.69) is 15.3 Å². The smallest absolute Gasteiger partial charge is 0.362 e. The first-order chi connectivity index (χ1) is 15.2. The summed E-state index contributed by atoms with van der Waals surface area (Å²) in [5.41, 5.74) is 3.57. The predicted octanol–water partition coefficient (Wildman–Crippen LogP) is 4.07. The molecule has 2 aromatic carbocycles. The molecule has 0 saturated carbocycles. The van der Waals surface area contributed by atoms with E-state index < -0.39 is 5.97 Å². The third-order valence-corrected chi connectivity index (χ3v) is 6.03. The summed E-state index contributed by atoms with van der Waals surface area (Å²) in [5.74, 6) is -0.741. The van der Waals surface area contributed by atoms with E-state index in [0.717, 1.165) is 21.3 Å². The molecule has 5 rings (SSSR count). The van der Waals surface area contributed by atoms with Crippen molar-refractivity contribution in [3.05, 3.63) is 89.2 Å². The number of benzene rings is 2. The lowest BCUT2D eigenvalue weighted by Crippen LogP contribution is -2.34. The summed E-state index contributed by atoms with van der Waals surface area (Å²) in [5, 5.41) is 5.04. The maximum Gasteiger partial charge on any atom is 0.375 e. The van der Waals surface area contributed by atoms with Crippen molar-refractivity contribution in [2.24, 2.45) is 0 Å². The standard InChI is InChI=1S/C23H18N4O3S/c28-21(26-23-25-18-8-1-2-10-20(18)31-23)16-7-5-6-15-11-13-27(14-17(15)16)30-22(29)19-9-3-4-12-24-19/h1-10,12H,11,13-14H2,(H,25,26,28). The molecule has 0 radical (unpaired) electrons. The highest BCUT2D eigenvalue weighted by atomic mass is 32.1. The van der Waals surface area contributed by atoms with Crippen LogP contribution in [0.15, 0.2) is 66.9 Å². The quantitative estimate of drug-likeness (QED) is 0.525. The molecule has 0 unspecified atom stereocenters. The van der Waals surface area contributed by atoms with E-state index in [9.17, 15) is 9.59 Å². The van der Waals surface area contributed by atoms with Gasteiger partial charge in [-0.15, -0.1) is 5.06 Å². The van der Waals surface area contributed by atoms with Crippen molar-refractivity contribution in [2.75, 3.05) is 11.9 Å². The zero-order valence-electron chi connectivity index (χ0n) is 16.4. The number of hydrogen-bond donors (Lipinski definition) is 1. The summed E-state index contributed by atoms with van der Waals surface area (Å²) in [7, 11) is 0. The number of fused-ring (bicyclic) bond motifs is 2. The lowest BCUT2D eigenvalue weighted by molar-refractivity contribution is -0.120. The molecule has 1 N–H and O–H groups in total. The van der Waals surface area contributed by atoms with Gasteiger partial charge in [0.25, 0.3) is 5.91 Å². The van der Waals surface area contributed by atoms with Crippen LogP contribution in [0.25, 0.3) is 10.2 Å². The minimum Gasteiger partial charge on any atom is -0.362 e. The lowest BCUT2D eigenvalue weighted by Gasteiger charge is -2.28. The lowest BCUT2D eigenvalue weighted by atomic mass is 9.95. The van der Waals surface area contributed by atoms with Crippen molar-refractivity contribution >= 4 is 38.6 Å². The molecule has 0 fully saturated rings. The van der Waals surface area contributed by atoms with Crippen molar-refractivity contribution in [3.63, 3.8) is 0 Å². The fourth-order valence-electron chi connectivity index (χ4n) is 3.58. The van der Waals surface area contributed by atoms with Gasteiger partial charge in [-0.2, -0.15) is 0 Å². The molecular formula is C23H18N4O3S. The van der Waals surface area contributed by atoms with E-state index in [1.807, 2.05) is 36.4 Å². The first-order valence-corrected chi connectivity index (χ1v) is 10.6. The Morgan fingerprint density at radius 2 is 1.90 bits per heavy atom. The maximum atomic E-state index is 13.0. The van der Waals surface area contributed by atoms with Crippen LogP contribution >= 0.6 is 11.3 Å². The Morgan fingerprint density at radius 3 is 2.74 bits per heavy atom. The Bertz CT molecular complexity index is 1240. The second kappa shape index (κ2) is 8.25. The van der Waals surface area contributed by atoms with E-state index in [1.54, 1.807) is 35.5 Å². The Morgan fingerprint density at radius 1 is 1.03 bits per heavy atom. The number of rotatable bonds is 4. The van der Waals surface area contributed by atoms with Crippen LogP contribution in [0.2, 0.25) is 0 Å². The monoisotopic (exact) mass is 430 g/mol. The number of anilines is 1. The summed E-state index contributed by atoms with van der Waals surface area (Å²) in [6.07, 6.45) is 2.22. The van der Waals surface area contributed by atoms with Crippen molar-refractivity contribution < 1.29 is 14.4 Å². The number of carbonyl (C=O) groups is 2. The van der Waals surface area contributed by atoms with E-state index in [1.165, 1.54) is 11.3 Å². The number of hydroxylamine groups is 2. The van der Waals surface area contributed by atoms with E-state index >= 15 is 0 Å². The van der Waals surface area contributed by atoms with Crippen LogP contribution in [0.5, 0.6) is 0 Å². The molecule has 1 aliphatic heterocycles. The molecule has 0 bridgehead atoms. The number of nitrogens with one attached hydrogen (secondary N) is 1. The van der Waals surface area contributed by atoms with Gasteiger partial charge in [-0.3, -0.25) is 10.1 Å². The summed E-state index contributed by atoms with van der Waals surface area (Å²) < 4.78 is 1.01. The second-order valence-electron chi connectivity index (χ2n) is 7.09. The number of aromatic nitrogens is 2. The maximum absolute atomic E-state index is 13.0. The average Bonchev–Trinajstić information content (AvgIpc) is 3.21. The Kier molecular flexibility index (Phi) is 5.15. The van der Waals surface area contributed by atoms with Gasteiger partial charge in [0.1, 0.15) is 5.69 Å². The first-order valence-electron chi connectivity index (χ1n) is 9.83. The number of hydrogen-bond acceptors (Lipinski definition) is 7. The minimum absolute atomic E-state index is 0.228. The van der Waals surface area contributed by atoms with Crippen molar-refractivity contribution in [1.29, 1.82) is 0 Å². The van der Waals surface area contributed by atoms with E-state index in [0.29, 0.717) is 30.2 Å². The molecule has 4 aromatic rings. The van der Waals surface area contributed by atoms with Gasteiger partial charge in [0, 0.05) is 18.3 Å². The zero-order valence-corrected chi connectivity index (χ0v) is 17.3. The van der Waals surface area contributed by atoms with E-state index in [4.69, 9.17) is 4.84 Å². The van der Waals surface area contributed by atoms with Gasteiger partial charge >= 0.3 is 5.97 Å². The summed E-state index contributed by atoms with van der Waals surface area (Å²) in [6.45, 7) is 0.881. The molecule has 8 heteroatoms. The Hall–Kier alpha value is -3.62. The van der Waals surface area contributed by atoms with E-state index in [-0.39, 0.29) is 11.6 Å². The Balaban J connectivity index is 1.34. The van der Waals surface area contributed by atoms with Crippen LogP contribution in [0.3, 0.4) is 0 Å². The number of amides is 1. The first kappa shape index (κ1) is 19.3. The topological polar surface area (TPSA) is 84.4 Å². The summed E-state index contributed by atoms with van der Waals surface area (Å²) in [6, 6.07) is 18.5. The summed E-state index contributed by atoms with van der Waals surface area (Å²) >= 11 is 1.43. The van der Waals surface area contributed by atoms with Gasteiger partial charge in [-0.25, -0.2) is 14.8 Å². The van der Waals surface area contributed by atoms with Gasteiger partial charge in [-0.1, -0.05) is 41.7 Å². The predicted molar refractivity (Wildman–Crippen MR) is 118 cm³/mol. The number of thiazole rings is 1. The molecule has 31 heavy (non-hydrogen) atoms. The minimum atomic E-state index is -0.513. The third-order valence-electron chi connectivity index (χ3n) is 5.08. The molecule has 0 spiro atoms. The van der Waals surface area contributed by atoms with Crippen molar-refractivity contribution in [1.82, 2.24) is 15.0 Å². The van der Waals surface area contributed by atoms with Gasteiger partial charge in [0.05, 0.1) is 16.8 Å². The van der Waals surface area contributed by atoms with Crippen LogP contribution in [-0.2, 0) is 17.8 Å². The number of para-hydroxylation sites is 1. The van der Waals surface area contributed by atoms with Crippen molar-refractivity contribution in [2.45, 2.75) is 13.0 Å².